The largest absolute Gasteiger partial charge is 0.337 e. The molecule has 0 fully saturated rings. The lowest BCUT2D eigenvalue weighted by atomic mass is 10.2. The molecule has 0 spiro atoms. The van der Waals surface area contributed by atoms with Crippen molar-refractivity contribution < 1.29 is 0 Å². The zero-order chi connectivity index (χ0) is 15.6. The molecule has 4 rings (SSSR count). The van der Waals surface area contributed by atoms with Gasteiger partial charge < -0.3 is 4.57 Å². The number of benzene rings is 1. The Kier molecular flexibility index (Phi) is 3.67. The van der Waals surface area contributed by atoms with Gasteiger partial charge in [-0.2, -0.15) is 5.10 Å². The first kappa shape index (κ1) is 14.1. The minimum atomic E-state index is 0.832. The minimum absolute atomic E-state index is 0.832. The van der Waals surface area contributed by atoms with E-state index in [0.717, 1.165) is 55.6 Å². The molecule has 1 aliphatic rings. The van der Waals surface area contributed by atoms with Crippen LogP contribution in [0.2, 0.25) is 0 Å². The van der Waals surface area contributed by atoms with Crippen LogP contribution in [0.4, 0.5) is 0 Å². The summed E-state index contributed by atoms with van der Waals surface area (Å²) >= 11 is 0. The van der Waals surface area contributed by atoms with Gasteiger partial charge in [-0.05, 0) is 0 Å². The SMILES string of the molecule is Cn1ccnc1CN1CCc2nc(-c3ccccc3)nn2CC1. The molecule has 6 heteroatoms. The van der Waals surface area contributed by atoms with Crippen LogP contribution in [0.5, 0.6) is 0 Å². The maximum Gasteiger partial charge on any atom is 0.181 e. The Balaban J connectivity index is 1.48. The van der Waals surface area contributed by atoms with E-state index in [-0.39, 0.29) is 0 Å². The van der Waals surface area contributed by atoms with Crippen LogP contribution in [-0.2, 0) is 26.6 Å². The fraction of sp³-hybridized carbons (Fsp3) is 0.353. The van der Waals surface area contributed by atoms with Gasteiger partial charge in [0.15, 0.2) is 5.82 Å². The number of rotatable bonds is 3. The van der Waals surface area contributed by atoms with Crippen molar-refractivity contribution in [3.05, 3.63) is 54.4 Å². The van der Waals surface area contributed by atoms with Crippen molar-refractivity contribution in [1.29, 1.82) is 0 Å². The van der Waals surface area contributed by atoms with Crippen LogP contribution in [0, 0.1) is 0 Å². The van der Waals surface area contributed by atoms with E-state index in [1.807, 2.05) is 37.6 Å². The predicted molar refractivity (Wildman–Crippen MR) is 87.6 cm³/mol. The van der Waals surface area contributed by atoms with Gasteiger partial charge in [0.2, 0.25) is 0 Å². The van der Waals surface area contributed by atoms with Gasteiger partial charge in [-0.3, -0.25) is 4.90 Å². The van der Waals surface area contributed by atoms with Gasteiger partial charge in [-0.25, -0.2) is 14.6 Å². The molecule has 1 aliphatic heterocycles. The average Bonchev–Trinajstić information content (AvgIpc) is 3.12. The highest BCUT2D eigenvalue weighted by molar-refractivity contribution is 5.54. The van der Waals surface area contributed by atoms with E-state index in [4.69, 9.17) is 4.98 Å². The fourth-order valence-corrected chi connectivity index (χ4v) is 2.96. The Morgan fingerprint density at radius 1 is 1.09 bits per heavy atom. The standard InChI is InChI=1S/C17H20N6/c1-21-10-8-18-16(21)13-22-9-7-15-19-17(20-23(15)12-11-22)14-5-3-2-4-6-14/h2-6,8,10H,7,9,11-13H2,1H3. The second-order valence-electron chi connectivity index (χ2n) is 5.92. The number of aryl methyl sites for hydroxylation is 1. The molecule has 0 amide bonds. The smallest absolute Gasteiger partial charge is 0.181 e. The molecule has 0 N–H and O–H groups in total. The van der Waals surface area contributed by atoms with Gasteiger partial charge in [0.25, 0.3) is 0 Å². The van der Waals surface area contributed by atoms with Gasteiger partial charge in [-0.15, -0.1) is 0 Å². The van der Waals surface area contributed by atoms with Gasteiger partial charge in [0.1, 0.15) is 11.6 Å². The fourth-order valence-electron chi connectivity index (χ4n) is 2.96. The van der Waals surface area contributed by atoms with E-state index in [9.17, 15) is 0 Å². The van der Waals surface area contributed by atoms with Crippen LogP contribution in [0.1, 0.15) is 11.6 Å². The molecule has 0 aliphatic carbocycles. The minimum Gasteiger partial charge on any atom is -0.337 e. The second-order valence-corrected chi connectivity index (χ2v) is 5.92. The third kappa shape index (κ3) is 2.90. The molecule has 3 heterocycles. The zero-order valence-corrected chi connectivity index (χ0v) is 13.3. The van der Waals surface area contributed by atoms with Crippen LogP contribution >= 0.6 is 0 Å². The Hall–Kier alpha value is -2.47. The molecule has 0 bridgehead atoms. The first-order valence-electron chi connectivity index (χ1n) is 7.97. The van der Waals surface area contributed by atoms with E-state index < -0.39 is 0 Å². The van der Waals surface area contributed by atoms with Crippen LogP contribution in [0.15, 0.2) is 42.7 Å². The van der Waals surface area contributed by atoms with Gasteiger partial charge in [0.05, 0.1) is 13.1 Å². The summed E-state index contributed by atoms with van der Waals surface area (Å²) in [7, 11) is 2.04. The van der Waals surface area contributed by atoms with Crippen LogP contribution in [0.25, 0.3) is 11.4 Å². The molecular weight excluding hydrogens is 288 g/mol. The molecule has 6 nitrogen and oxygen atoms in total. The molecule has 0 saturated heterocycles. The molecule has 23 heavy (non-hydrogen) atoms. The first-order valence-corrected chi connectivity index (χ1v) is 7.97. The molecule has 2 aromatic heterocycles. The van der Waals surface area contributed by atoms with E-state index in [1.165, 1.54) is 0 Å². The van der Waals surface area contributed by atoms with Crippen LogP contribution in [0.3, 0.4) is 0 Å². The summed E-state index contributed by atoms with van der Waals surface area (Å²) in [5.41, 5.74) is 1.08. The summed E-state index contributed by atoms with van der Waals surface area (Å²) in [6.45, 7) is 3.71. The Morgan fingerprint density at radius 2 is 1.96 bits per heavy atom. The summed E-state index contributed by atoms with van der Waals surface area (Å²) in [5.74, 6) is 3.01. The Bertz CT molecular complexity index is 763. The average molecular weight is 308 g/mol. The van der Waals surface area contributed by atoms with Crippen molar-refractivity contribution in [2.45, 2.75) is 19.5 Å². The van der Waals surface area contributed by atoms with Gasteiger partial charge in [-0.1, -0.05) is 30.3 Å². The molecule has 0 saturated carbocycles. The van der Waals surface area contributed by atoms with Crippen molar-refractivity contribution in [2.75, 3.05) is 13.1 Å². The van der Waals surface area contributed by atoms with Gasteiger partial charge >= 0.3 is 0 Å². The number of aromatic nitrogens is 5. The number of hydrogen-bond acceptors (Lipinski definition) is 4. The van der Waals surface area contributed by atoms with Crippen molar-refractivity contribution in [3.63, 3.8) is 0 Å². The van der Waals surface area contributed by atoms with E-state index >= 15 is 0 Å². The summed E-state index contributed by atoms with van der Waals surface area (Å²) < 4.78 is 4.13. The second kappa shape index (κ2) is 5.96. The number of fused-ring (bicyclic) bond motifs is 1. The van der Waals surface area contributed by atoms with Crippen molar-refractivity contribution in [3.8, 4) is 11.4 Å². The summed E-state index contributed by atoms with van der Waals surface area (Å²) in [4.78, 5) is 11.6. The highest BCUT2D eigenvalue weighted by Gasteiger charge is 2.18. The molecular formula is C17H20N6. The quantitative estimate of drug-likeness (QED) is 0.739. The van der Waals surface area contributed by atoms with Crippen molar-refractivity contribution in [2.24, 2.45) is 7.05 Å². The highest BCUT2D eigenvalue weighted by Crippen LogP contribution is 2.17. The molecule has 1 aromatic carbocycles. The van der Waals surface area contributed by atoms with Crippen LogP contribution < -0.4 is 0 Å². The molecule has 3 aromatic rings. The first-order chi connectivity index (χ1) is 11.3. The lowest BCUT2D eigenvalue weighted by molar-refractivity contribution is 0.260. The number of hydrogen-bond donors (Lipinski definition) is 0. The summed E-state index contributed by atoms with van der Waals surface area (Å²) in [6, 6.07) is 10.2. The van der Waals surface area contributed by atoms with E-state index in [0.29, 0.717) is 0 Å². The molecule has 0 radical (unpaired) electrons. The summed E-state index contributed by atoms with van der Waals surface area (Å²) in [5, 5.41) is 4.69. The summed E-state index contributed by atoms with van der Waals surface area (Å²) in [6.07, 6.45) is 4.77. The molecule has 0 unspecified atom stereocenters. The van der Waals surface area contributed by atoms with Crippen molar-refractivity contribution in [1.82, 2.24) is 29.2 Å². The lowest BCUT2D eigenvalue weighted by Gasteiger charge is -2.18. The molecule has 118 valence electrons. The third-order valence-corrected chi connectivity index (χ3v) is 4.35. The lowest BCUT2D eigenvalue weighted by Crippen LogP contribution is -2.28. The van der Waals surface area contributed by atoms with Gasteiger partial charge in [0, 0.05) is 44.5 Å². The number of nitrogens with zero attached hydrogens (tertiary/aromatic N) is 6. The predicted octanol–water partition coefficient (Wildman–Crippen LogP) is 1.74. The monoisotopic (exact) mass is 308 g/mol. The highest BCUT2D eigenvalue weighted by atomic mass is 15.4. The topological polar surface area (TPSA) is 51.8 Å². The molecule has 0 atom stereocenters. The Morgan fingerprint density at radius 3 is 2.74 bits per heavy atom. The van der Waals surface area contributed by atoms with Crippen LogP contribution in [-0.4, -0.2) is 42.3 Å². The third-order valence-electron chi connectivity index (χ3n) is 4.35. The maximum atomic E-state index is 4.73. The Labute approximate surface area is 135 Å². The zero-order valence-electron chi connectivity index (χ0n) is 13.3. The van der Waals surface area contributed by atoms with Crippen molar-refractivity contribution >= 4 is 0 Å². The normalized spacial score (nSPS) is 15.3. The maximum absolute atomic E-state index is 4.73. The number of imidazole rings is 1. The van der Waals surface area contributed by atoms with E-state index in [2.05, 4.69) is 36.4 Å². The van der Waals surface area contributed by atoms with E-state index in [1.54, 1.807) is 0 Å².